The van der Waals surface area contributed by atoms with Crippen LogP contribution in [0.1, 0.15) is 50.9 Å². The molecule has 1 fully saturated rings. The zero-order chi connectivity index (χ0) is 14.5. The molecule has 1 N–H and O–H groups in total. The van der Waals surface area contributed by atoms with Crippen LogP contribution in [0.2, 0.25) is 0 Å². The number of hydrogen-bond donors (Lipinski definition) is 1. The van der Waals surface area contributed by atoms with Gasteiger partial charge in [-0.15, -0.1) is 0 Å². The number of nitrogens with zero attached hydrogens (tertiary/aromatic N) is 3. The van der Waals surface area contributed by atoms with E-state index in [9.17, 15) is 0 Å². The van der Waals surface area contributed by atoms with Crippen molar-refractivity contribution in [2.24, 2.45) is 7.05 Å². The normalized spacial score (nSPS) is 22.1. The average Bonchev–Trinajstić information content (AvgIpc) is 2.75. The van der Waals surface area contributed by atoms with Crippen LogP contribution in [0.5, 0.6) is 0 Å². The molecule has 1 aromatic heterocycles. The molecule has 0 aliphatic carbocycles. The summed E-state index contributed by atoms with van der Waals surface area (Å²) in [4.78, 5) is 2.65. The number of hydrogen-bond acceptors (Lipinski definition) is 3. The molecule has 2 unspecified atom stereocenters. The third kappa shape index (κ3) is 3.83. The Morgan fingerprint density at radius 2 is 2.25 bits per heavy atom. The molecule has 20 heavy (non-hydrogen) atoms. The van der Waals surface area contributed by atoms with Crippen molar-refractivity contribution in [3.8, 4) is 0 Å². The van der Waals surface area contributed by atoms with Gasteiger partial charge in [-0.05, 0) is 52.3 Å². The van der Waals surface area contributed by atoms with Gasteiger partial charge in [-0.1, -0.05) is 13.3 Å². The minimum absolute atomic E-state index is 0.574. The van der Waals surface area contributed by atoms with Crippen molar-refractivity contribution in [1.29, 1.82) is 0 Å². The summed E-state index contributed by atoms with van der Waals surface area (Å²) >= 11 is 0. The number of piperidine rings is 1. The summed E-state index contributed by atoms with van der Waals surface area (Å²) in [7, 11) is 2.06. The smallest absolute Gasteiger partial charge is 0.0597 e. The van der Waals surface area contributed by atoms with E-state index in [2.05, 4.69) is 49.2 Å². The predicted octanol–water partition coefficient (Wildman–Crippen LogP) is 2.47. The zero-order valence-corrected chi connectivity index (χ0v) is 13.5. The molecule has 0 aromatic carbocycles. The Morgan fingerprint density at radius 1 is 1.45 bits per heavy atom. The fraction of sp³-hybridized carbons (Fsp3) is 0.812. The lowest BCUT2D eigenvalue weighted by molar-refractivity contribution is 0.109. The summed E-state index contributed by atoms with van der Waals surface area (Å²) < 4.78 is 2.03. The maximum atomic E-state index is 4.47. The maximum Gasteiger partial charge on any atom is 0.0597 e. The molecule has 1 aromatic rings. The van der Waals surface area contributed by atoms with Crippen molar-refractivity contribution in [3.05, 3.63) is 17.5 Å². The molecule has 114 valence electrons. The van der Waals surface area contributed by atoms with Crippen molar-refractivity contribution >= 4 is 0 Å². The Balaban J connectivity index is 2.01. The highest BCUT2D eigenvalue weighted by Crippen LogP contribution is 2.22. The highest BCUT2D eigenvalue weighted by molar-refractivity contribution is 5.09. The molecule has 0 bridgehead atoms. The Labute approximate surface area is 123 Å². The fourth-order valence-electron chi connectivity index (χ4n) is 3.31. The van der Waals surface area contributed by atoms with Crippen molar-refractivity contribution in [1.82, 2.24) is 20.0 Å². The van der Waals surface area contributed by atoms with E-state index in [1.807, 2.05) is 4.68 Å². The summed E-state index contributed by atoms with van der Waals surface area (Å²) in [5.41, 5.74) is 2.45. The van der Waals surface area contributed by atoms with Gasteiger partial charge in [-0.25, -0.2) is 0 Å². The fourth-order valence-corrected chi connectivity index (χ4v) is 3.31. The van der Waals surface area contributed by atoms with Crippen molar-refractivity contribution in [3.63, 3.8) is 0 Å². The van der Waals surface area contributed by atoms with Gasteiger partial charge in [0.25, 0.3) is 0 Å². The molecular weight excluding hydrogens is 248 g/mol. The minimum atomic E-state index is 0.574. The molecule has 1 aliphatic rings. The van der Waals surface area contributed by atoms with Crippen molar-refractivity contribution < 1.29 is 0 Å². The van der Waals surface area contributed by atoms with Crippen LogP contribution in [0, 0.1) is 6.92 Å². The third-order valence-electron chi connectivity index (χ3n) is 4.42. The largest absolute Gasteiger partial charge is 0.313 e. The molecule has 0 saturated carbocycles. The zero-order valence-electron chi connectivity index (χ0n) is 13.5. The number of rotatable bonds is 6. The van der Waals surface area contributed by atoms with Gasteiger partial charge in [0.15, 0.2) is 0 Å². The van der Waals surface area contributed by atoms with E-state index in [1.54, 1.807) is 0 Å². The summed E-state index contributed by atoms with van der Waals surface area (Å²) in [6.45, 7) is 10.0. The van der Waals surface area contributed by atoms with Crippen LogP contribution in [0.25, 0.3) is 0 Å². The molecule has 2 heterocycles. The lowest BCUT2D eigenvalue weighted by Gasteiger charge is -2.39. The second-order valence-corrected chi connectivity index (χ2v) is 6.18. The first kappa shape index (κ1) is 15.5. The molecule has 2 atom stereocenters. The molecule has 0 amide bonds. The Bertz CT molecular complexity index is 413. The maximum absolute atomic E-state index is 4.47. The number of aromatic nitrogens is 2. The first-order chi connectivity index (χ1) is 9.61. The summed E-state index contributed by atoms with van der Waals surface area (Å²) in [5, 5.41) is 8.14. The lowest BCUT2D eigenvalue weighted by atomic mass is 9.96. The van der Waals surface area contributed by atoms with Gasteiger partial charge in [-0.3, -0.25) is 9.58 Å². The molecule has 0 radical (unpaired) electrons. The summed E-state index contributed by atoms with van der Waals surface area (Å²) in [6, 6.07) is 3.45. The number of aryl methyl sites for hydroxylation is 2. The third-order valence-corrected chi connectivity index (χ3v) is 4.42. The quantitative estimate of drug-likeness (QED) is 0.868. The van der Waals surface area contributed by atoms with E-state index in [4.69, 9.17) is 0 Å². The number of nitrogens with one attached hydrogen (secondary N) is 1. The monoisotopic (exact) mass is 278 g/mol. The molecule has 0 spiro atoms. The molecule has 1 aliphatic heterocycles. The van der Waals surface area contributed by atoms with E-state index < -0.39 is 0 Å². The number of likely N-dealkylation sites (tertiary alicyclic amines) is 1. The molecule has 2 rings (SSSR count). The van der Waals surface area contributed by atoms with Gasteiger partial charge >= 0.3 is 0 Å². The van der Waals surface area contributed by atoms with Crippen LogP contribution in [-0.2, 0) is 13.6 Å². The second-order valence-electron chi connectivity index (χ2n) is 6.18. The van der Waals surface area contributed by atoms with Crippen LogP contribution in [-0.4, -0.2) is 39.9 Å². The molecule has 4 nitrogen and oxygen atoms in total. The van der Waals surface area contributed by atoms with Gasteiger partial charge in [0, 0.05) is 25.7 Å². The first-order valence-electron chi connectivity index (χ1n) is 8.08. The first-order valence-corrected chi connectivity index (χ1v) is 8.08. The van der Waals surface area contributed by atoms with E-state index >= 15 is 0 Å². The van der Waals surface area contributed by atoms with Crippen LogP contribution in [0.15, 0.2) is 6.07 Å². The van der Waals surface area contributed by atoms with Crippen LogP contribution in [0.4, 0.5) is 0 Å². The molecule has 1 saturated heterocycles. The predicted molar refractivity (Wildman–Crippen MR) is 83.7 cm³/mol. The van der Waals surface area contributed by atoms with E-state index in [0.29, 0.717) is 12.1 Å². The van der Waals surface area contributed by atoms with E-state index in [1.165, 1.54) is 37.9 Å². The van der Waals surface area contributed by atoms with Crippen LogP contribution >= 0.6 is 0 Å². The van der Waals surface area contributed by atoms with Gasteiger partial charge in [0.1, 0.15) is 0 Å². The highest BCUT2D eigenvalue weighted by atomic mass is 15.3. The summed E-state index contributed by atoms with van der Waals surface area (Å²) in [5.74, 6) is 0. The second kappa shape index (κ2) is 7.23. The van der Waals surface area contributed by atoms with Gasteiger partial charge in [0.2, 0.25) is 0 Å². The topological polar surface area (TPSA) is 33.1 Å². The van der Waals surface area contributed by atoms with Crippen LogP contribution in [0.3, 0.4) is 0 Å². The highest BCUT2D eigenvalue weighted by Gasteiger charge is 2.27. The standard InChI is InChI=1S/C16H30N4/c1-5-9-17-14(3)16-8-6-7-10-20(16)12-15-11-13(2)18-19(15)4/h11,14,16-17H,5-10,12H2,1-4H3. The Morgan fingerprint density at radius 3 is 2.90 bits per heavy atom. The van der Waals surface area contributed by atoms with Crippen molar-refractivity contribution in [2.45, 2.75) is 65.1 Å². The average molecular weight is 278 g/mol. The Hall–Kier alpha value is -0.870. The van der Waals surface area contributed by atoms with Gasteiger partial charge < -0.3 is 5.32 Å². The van der Waals surface area contributed by atoms with Gasteiger partial charge in [0.05, 0.1) is 11.4 Å². The van der Waals surface area contributed by atoms with E-state index in [0.717, 1.165) is 18.8 Å². The van der Waals surface area contributed by atoms with E-state index in [-0.39, 0.29) is 0 Å². The minimum Gasteiger partial charge on any atom is -0.313 e. The van der Waals surface area contributed by atoms with Crippen LogP contribution < -0.4 is 5.32 Å². The summed E-state index contributed by atoms with van der Waals surface area (Å²) in [6.07, 6.45) is 5.21. The SMILES string of the molecule is CCCNC(C)C1CCCCN1Cc1cc(C)nn1C. The molecule has 4 heteroatoms. The van der Waals surface area contributed by atoms with Gasteiger partial charge in [-0.2, -0.15) is 5.10 Å². The Kier molecular flexibility index (Phi) is 5.61. The molecular formula is C16H30N4. The lowest BCUT2D eigenvalue weighted by Crippen LogP contribution is -2.50. The van der Waals surface area contributed by atoms with Crippen molar-refractivity contribution in [2.75, 3.05) is 13.1 Å².